The van der Waals surface area contributed by atoms with E-state index in [9.17, 15) is 25.0 Å². The number of hydrogen-bond acceptors (Lipinski definition) is 8. The van der Waals surface area contributed by atoms with Gasteiger partial charge in [-0.3, -0.25) is 29.9 Å². The van der Waals surface area contributed by atoms with Gasteiger partial charge in [0, 0.05) is 54.9 Å². The number of hydrogen-bond donors (Lipinski definition) is 0. The molecular weight excluding hydrogens is 470 g/mol. The standard InChI is InChI=1S/C24H25N5O5S/c30-23-20(15-26-10-2-1-3-11-26)16-27(14-18-6-4-8-21(12-18)28(31)32)24(25-23)35-17-19-7-5-9-22(13-19)29(33)34/h4-9,12-13,16H,1-3,10-11,14-15,17H2. The average molecular weight is 496 g/mol. The lowest BCUT2D eigenvalue weighted by molar-refractivity contribution is -0.385. The van der Waals surface area contributed by atoms with E-state index in [0.29, 0.717) is 35.1 Å². The second-order valence-electron chi connectivity index (χ2n) is 8.46. The summed E-state index contributed by atoms with van der Waals surface area (Å²) >= 11 is 1.30. The number of likely N-dealkylation sites (tertiary alicyclic amines) is 1. The molecule has 0 atom stereocenters. The van der Waals surface area contributed by atoms with E-state index in [2.05, 4.69) is 9.88 Å². The van der Waals surface area contributed by atoms with Crippen LogP contribution in [0.1, 0.15) is 36.0 Å². The van der Waals surface area contributed by atoms with Crippen molar-refractivity contribution in [3.8, 4) is 0 Å². The number of rotatable bonds is 9. The van der Waals surface area contributed by atoms with Crippen LogP contribution in [-0.4, -0.2) is 37.4 Å². The van der Waals surface area contributed by atoms with Gasteiger partial charge < -0.3 is 4.57 Å². The Kier molecular flexibility index (Phi) is 7.88. The fraction of sp³-hybridized carbons (Fsp3) is 0.333. The van der Waals surface area contributed by atoms with Gasteiger partial charge in [0.2, 0.25) is 0 Å². The van der Waals surface area contributed by atoms with E-state index in [-0.39, 0.29) is 16.9 Å². The van der Waals surface area contributed by atoms with Gasteiger partial charge in [-0.15, -0.1) is 0 Å². The van der Waals surface area contributed by atoms with E-state index >= 15 is 0 Å². The fourth-order valence-corrected chi connectivity index (χ4v) is 5.00. The third kappa shape index (κ3) is 6.52. The minimum atomic E-state index is -0.444. The molecular formula is C24H25N5O5S. The predicted molar refractivity (Wildman–Crippen MR) is 132 cm³/mol. The predicted octanol–water partition coefficient (Wildman–Crippen LogP) is 4.39. The van der Waals surface area contributed by atoms with Crippen molar-refractivity contribution in [2.75, 3.05) is 13.1 Å². The first-order valence-corrected chi connectivity index (χ1v) is 12.3. The van der Waals surface area contributed by atoms with Crippen molar-refractivity contribution < 1.29 is 9.85 Å². The molecule has 1 saturated heterocycles. The maximum absolute atomic E-state index is 12.9. The van der Waals surface area contributed by atoms with E-state index in [1.54, 1.807) is 30.5 Å². The zero-order valence-electron chi connectivity index (χ0n) is 19.0. The summed E-state index contributed by atoms with van der Waals surface area (Å²) in [4.78, 5) is 40.9. The summed E-state index contributed by atoms with van der Waals surface area (Å²) in [5, 5.41) is 22.8. The highest BCUT2D eigenvalue weighted by Gasteiger charge is 2.16. The second kappa shape index (κ2) is 11.2. The lowest BCUT2D eigenvalue weighted by Gasteiger charge is -2.26. The molecule has 10 nitrogen and oxygen atoms in total. The second-order valence-corrected chi connectivity index (χ2v) is 9.40. The van der Waals surface area contributed by atoms with Crippen molar-refractivity contribution in [1.29, 1.82) is 0 Å². The Balaban J connectivity index is 1.63. The van der Waals surface area contributed by atoms with Gasteiger partial charge in [0.25, 0.3) is 16.9 Å². The molecule has 1 aromatic heterocycles. The molecule has 0 N–H and O–H groups in total. The quantitative estimate of drug-likeness (QED) is 0.185. The van der Waals surface area contributed by atoms with E-state index in [4.69, 9.17) is 0 Å². The van der Waals surface area contributed by atoms with E-state index in [0.717, 1.165) is 31.5 Å². The molecule has 0 saturated carbocycles. The summed E-state index contributed by atoms with van der Waals surface area (Å²) in [6, 6.07) is 12.7. The Labute approximate surface area is 205 Å². The number of aromatic nitrogens is 2. The SMILES string of the molecule is O=c1nc(SCc2cccc([N+](=O)[O-])c2)n(Cc2cccc([N+](=O)[O-])c2)cc1CN1CCCCC1. The van der Waals surface area contributed by atoms with Crippen LogP contribution in [0.3, 0.4) is 0 Å². The fourth-order valence-electron chi connectivity index (χ4n) is 4.09. The Hall–Kier alpha value is -3.57. The molecule has 1 aliphatic heterocycles. The maximum Gasteiger partial charge on any atom is 0.278 e. The van der Waals surface area contributed by atoms with Crippen LogP contribution in [0.5, 0.6) is 0 Å². The van der Waals surface area contributed by atoms with Crippen LogP contribution in [0, 0.1) is 20.2 Å². The van der Waals surface area contributed by atoms with Crippen LogP contribution in [0.2, 0.25) is 0 Å². The van der Waals surface area contributed by atoms with Gasteiger partial charge in [-0.25, -0.2) is 0 Å². The third-order valence-electron chi connectivity index (χ3n) is 5.84. The number of thioether (sulfide) groups is 1. The Morgan fingerprint density at radius 2 is 1.51 bits per heavy atom. The van der Waals surface area contributed by atoms with Gasteiger partial charge in [-0.2, -0.15) is 4.98 Å². The van der Waals surface area contributed by atoms with E-state index in [1.165, 1.54) is 42.4 Å². The van der Waals surface area contributed by atoms with Crippen molar-refractivity contribution >= 4 is 23.1 Å². The van der Waals surface area contributed by atoms with E-state index in [1.807, 2.05) is 4.57 Å². The Morgan fingerprint density at radius 3 is 2.17 bits per heavy atom. The van der Waals surface area contributed by atoms with Crippen molar-refractivity contribution in [1.82, 2.24) is 14.5 Å². The van der Waals surface area contributed by atoms with Crippen LogP contribution in [0.15, 0.2) is 64.7 Å². The Bertz CT molecular complexity index is 1290. The van der Waals surface area contributed by atoms with Crippen molar-refractivity contribution in [2.45, 2.75) is 43.3 Å². The monoisotopic (exact) mass is 495 g/mol. The van der Waals surface area contributed by atoms with Crippen molar-refractivity contribution in [3.63, 3.8) is 0 Å². The number of nitrogens with zero attached hydrogens (tertiary/aromatic N) is 5. The topological polar surface area (TPSA) is 124 Å². The van der Waals surface area contributed by atoms with Crippen LogP contribution in [0.25, 0.3) is 0 Å². The number of non-ortho nitro benzene ring substituents is 2. The molecule has 2 heterocycles. The molecule has 0 spiro atoms. The lowest BCUT2D eigenvalue weighted by Crippen LogP contribution is -2.32. The van der Waals surface area contributed by atoms with Crippen LogP contribution in [0.4, 0.5) is 11.4 Å². The first-order chi connectivity index (χ1) is 16.9. The third-order valence-corrected chi connectivity index (χ3v) is 6.90. The summed E-state index contributed by atoms with van der Waals surface area (Å²) in [6.07, 6.45) is 5.19. The zero-order valence-corrected chi connectivity index (χ0v) is 19.9. The number of benzene rings is 2. The highest BCUT2D eigenvalue weighted by atomic mass is 32.2. The first-order valence-electron chi connectivity index (χ1n) is 11.3. The molecule has 35 heavy (non-hydrogen) atoms. The lowest BCUT2D eigenvalue weighted by atomic mass is 10.1. The maximum atomic E-state index is 12.9. The highest BCUT2D eigenvalue weighted by Crippen LogP contribution is 2.24. The molecule has 0 bridgehead atoms. The molecule has 4 rings (SSSR count). The summed E-state index contributed by atoms with van der Waals surface area (Å²) < 4.78 is 1.84. The average Bonchev–Trinajstić information content (AvgIpc) is 2.86. The van der Waals surface area contributed by atoms with Gasteiger partial charge in [-0.05, 0) is 37.1 Å². The van der Waals surface area contributed by atoms with Crippen LogP contribution < -0.4 is 5.56 Å². The number of nitro benzene ring substituents is 2. The minimum absolute atomic E-state index is 0.00178. The highest BCUT2D eigenvalue weighted by molar-refractivity contribution is 7.98. The smallest absolute Gasteiger partial charge is 0.278 e. The number of nitro groups is 2. The molecule has 0 radical (unpaired) electrons. The largest absolute Gasteiger partial charge is 0.323 e. The normalized spacial score (nSPS) is 14.1. The minimum Gasteiger partial charge on any atom is -0.323 e. The van der Waals surface area contributed by atoms with E-state index < -0.39 is 9.85 Å². The summed E-state index contributed by atoms with van der Waals surface area (Å²) in [5.41, 5.74) is 1.73. The van der Waals surface area contributed by atoms with Gasteiger partial charge in [0.1, 0.15) is 0 Å². The molecule has 0 unspecified atom stereocenters. The van der Waals surface area contributed by atoms with Crippen LogP contribution >= 0.6 is 11.8 Å². The van der Waals surface area contributed by atoms with Gasteiger partial charge >= 0.3 is 0 Å². The molecule has 0 aliphatic carbocycles. The Morgan fingerprint density at radius 1 is 0.886 bits per heavy atom. The first kappa shape index (κ1) is 24.6. The van der Waals surface area contributed by atoms with Crippen molar-refractivity contribution in [2.24, 2.45) is 0 Å². The summed E-state index contributed by atoms with van der Waals surface area (Å²) in [6.45, 7) is 2.69. The molecule has 3 aromatic rings. The molecule has 2 aromatic carbocycles. The molecule has 1 fully saturated rings. The molecule has 182 valence electrons. The van der Waals surface area contributed by atoms with Crippen LogP contribution in [-0.2, 0) is 18.8 Å². The summed E-state index contributed by atoms with van der Waals surface area (Å²) in [5.74, 6) is 0.383. The zero-order chi connectivity index (χ0) is 24.8. The molecule has 0 amide bonds. The van der Waals surface area contributed by atoms with Crippen molar-refractivity contribution in [3.05, 3.63) is 102 Å². The summed E-state index contributed by atoms with van der Waals surface area (Å²) in [7, 11) is 0. The number of piperidine rings is 1. The van der Waals surface area contributed by atoms with Gasteiger partial charge in [0.15, 0.2) is 5.16 Å². The molecule has 1 aliphatic rings. The van der Waals surface area contributed by atoms with Gasteiger partial charge in [-0.1, -0.05) is 42.4 Å². The van der Waals surface area contributed by atoms with Gasteiger partial charge in [0.05, 0.1) is 9.85 Å². The molecule has 11 heteroatoms.